The van der Waals surface area contributed by atoms with Crippen LogP contribution in [0, 0.1) is 19.8 Å². The molecule has 0 aliphatic heterocycles. The van der Waals surface area contributed by atoms with E-state index < -0.39 is 0 Å². The molecule has 2 nitrogen and oxygen atoms in total. The highest BCUT2D eigenvalue weighted by Crippen LogP contribution is 2.37. The van der Waals surface area contributed by atoms with Crippen molar-refractivity contribution in [1.82, 2.24) is 4.57 Å². The molecular weight excluding hydrogens is 208 g/mol. The zero-order valence-corrected chi connectivity index (χ0v) is 11.5. The Balaban J connectivity index is 2.24. The Hall–Kier alpha value is -0.760. The van der Waals surface area contributed by atoms with Crippen molar-refractivity contribution in [2.45, 2.75) is 51.9 Å². The van der Waals surface area contributed by atoms with Gasteiger partial charge >= 0.3 is 0 Å². The van der Waals surface area contributed by atoms with Gasteiger partial charge in [-0.3, -0.25) is 0 Å². The van der Waals surface area contributed by atoms with Crippen LogP contribution in [-0.4, -0.2) is 11.1 Å². The summed E-state index contributed by atoms with van der Waals surface area (Å²) in [5.41, 5.74) is 10.3. The first-order valence-corrected chi connectivity index (χ1v) is 6.98. The second kappa shape index (κ2) is 5.26. The maximum atomic E-state index is 6.05. The highest BCUT2D eigenvalue weighted by molar-refractivity contribution is 5.30. The van der Waals surface area contributed by atoms with Crippen LogP contribution in [0.15, 0.2) is 6.07 Å². The normalized spacial score (nSPS) is 19.5. The van der Waals surface area contributed by atoms with Gasteiger partial charge in [0, 0.05) is 24.4 Å². The molecule has 1 aromatic heterocycles. The fourth-order valence-corrected chi connectivity index (χ4v) is 3.37. The van der Waals surface area contributed by atoms with Crippen molar-refractivity contribution in [3.8, 4) is 0 Å². The second-order valence-corrected chi connectivity index (χ2v) is 5.63. The summed E-state index contributed by atoms with van der Waals surface area (Å²) in [6.45, 7) is 5.22. The van der Waals surface area contributed by atoms with Crippen molar-refractivity contribution in [1.29, 1.82) is 0 Å². The van der Waals surface area contributed by atoms with Crippen LogP contribution in [-0.2, 0) is 7.05 Å². The summed E-state index contributed by atoms with van der Waals surface area (Å²) in [4.78, 5) is 0. The topological polar surface area (TPSA) is 30.9 Å². The molecule has 2 heteroatoms. The predicted octanol–water partition coefficient (Wildman–Crippen LogP) is 3.26. The zero-order chi connectivity index (χ0) is 12.4. The van der Waals surface area contributed by atoms with E-state index in [1.165, 1.54) is 49.1 Å². The van der Waals surface area contributed by atoms with E-state index in [0.717, 1.165) is 12.5 Å². The molecule has 0 saturated heterocycles. The number of nitrogens with two attached hydrogens (primary N) is 1. The standard InChI is InChI=1S/C15H26N2/c1-11-9-14(12(2)17(11)3)15(10-16)13-7-5-4-6-8-13/h9,13,15H,4-8,10,16H2,1-3H3. The number of nitrogens with zero attached hydrogens (tertiary/aromatic N) is 1. The van der Waals surface area contributed by atoms with Gasteiger partial charge in [-0.05, 0) is 50.8 Å². The molecular formula is C15H26N2. The van der Waals surface area contributed by atoms with Gasteiger partial charge in [0.15, 0.2) is 0 Å². The Morgan fingerprint density at radius 1 is 1.29 bits per heavy atom. The monoisotopic (exact) mass is 234 g/mol. The average molecular weight is 234 g/mol. The lowest BCUT2D eigenvalue weighted by molar-refractivity contribution is 0.307. The quantitative estimate of drug-likeness (QED) is 0.855. The number of aryl methyl sites for hydroxylation is 1. The zero-order valence-electron chi connectivity index (χ0n) is 11.5. The van der Waals surface area contributed by atoms with E-state index in [9.17, 15) is 0 Å². The van der Waals surface area contributed by atoms with Crippen molar-refractivity contribution in [3.63, 3.8) is 0 Å². The Labute approximate surface area is 105 Å². The van der Waals surface area contributed by atoms with Gasteiger partial charge in [-0.1, -0.05) is 19.3 Å². The SMILES string of the molecule is Cc1cc(C(CN)C2CCCCC2)c(C)n1C. The van der Waals surface area contributed by atoms with Crippen LogP contribution >= 0.6 is 0 Å². The summed E-state index contributed by atoms with van der Waals surface area (Å²) in [7, 11) is 2.16. The maximum absolute atomic E-state index is 6.05. The first kappa shape index (κ1) is 12.7. The van der Waals surface area contributed by atoms with Gasteiger partial charge in [-0.25, -0.2) is 0 Å². The van der Waals surface area contributed by atoms with Crippen LogP contribution in [0.4, 0.5) is 0 Å². The van der Waals surface area contributed by atoms with Crippen LogP contribution in [0.2, 0.25) is 0 Å². The maximum Gasteiger partial charge on any atom is 0.0178 e. The molecule has 0 spiro atoms. The smallest absolute Gasteiger partial charge is 0.0178 e. The van der Waals surface area contributed by atoms with Crippen LogP contribution in [0.1, 0.15) is 55.0 Å². The van der Waals surface area contributed by atoms with E-state index in [4.69, 9.17) is 5.73 Å². The lowest BCUT2D eigenvalue weighted by Crippen LogP contribution is -2.24. The van der Waals surface area contributed by atoms with Crippen LogP contribution < -0.4 is 5.73 Å². The molecule has 1 aromatic rings. The summed E-state index contributed by atoms with van der Waals surface area (Å²) in [5.74, 6) is 1.39. The van der Waals surface area contributed by atoms with Crippen LogP contribution in [0.25, 0.3) is 0 Å². The summed E-state index contributed by atoms with van der Waals surface area (Å²) in [6.07, 6.45) is 6.95. The van der Waals surface area contributed by atoms with Crippen LogP contribution in [0.5, 0.6) is 0 Å². The number of rotatable bonds is 3. The van der Waals surface area contributed by atoms with Crippen LogP contribution in [0.3, 0.4) is 0 Å². The minimum Gasteiger partial charge on any atom is -0.352 e. The van der Waals surface area contributed by atoms with E-state index >= 15 is 0 Å². The molecule has 1 heterocycles. The van der Waals surface area contributed by atoms with Crippen molar-refractivity contribution < 1.29 is 0 Å². The summed E-state index contributed by atoms with van der Waals surface area (Å²) >= 11 is 0. The molecule has 0 bridgehead atoms. The number of hydrogen-bond acceptors (Lipinski definition) is 1. The third-order valence-corrected chi connectivity index (χ3v) is 4.69. The van der Waals surface area contributed by atoms with Gasteiger partial charge in [0.25, 0.3) is 0 Å². The highest BCUT2D eigenvalue weighted by atomic mass is 14.9. The molecule has 17 heavy (non-hydrogen) atoms. The Morgan fingerprint density at radius 3 is 2.41 bits per heavy atom. The molecule has 0 amide bonds. The highest BCUT2D eigenvalue weighted by Gasteiger charge is 2.26. The first-order chi connectivity index (χ1) is 8.15. The Bertz CT molecular complexity index is 373. The van der Waals surface area contributed by atoms with Gasteiger partial charge < -0.3 is 10.3 Å². The van der Waals surface area contributed by atoms with Gasteiger partial charge in [0.2, 0.25) is 0 Å². The van der Waals surface area contributed by atoms with E-state index in [1.807, 2.05) is 0 Å². The molecule has 1 unspecified atom stereocenters. The molecule has 96 valence electrons. The van der Waals surface area contributed by atoms with E-state index in [2.05, 4.69) is 31.5 Å². The summed E-state index contributed by atoms with van der Waals surface area (Å²) < 4.78 is 2.29. The van der Waals surface area contributed by atoms with Gasteiger partial charge in [0.1, 0.15) is 0 Å². The van der Waals surface area contributed by atoms with E-state index in [0.29, 0.717) is 5.92 Å². The Morgan fingerprint density at radius 2 is 1.94 bits per heavy atom. The van der Waals surface area contributed by atoms with Crippen molar-refractivity contribution >= 4 is 0 Å². The molecule has 1 saturated carbocycles. The van der Waals surface area contributed by atoms with Crippen molar-refractivity contribution in [2.75, 3.05) is 6.54 Å². The lowest BCUT2D eigenvalue weighted by atomic mass is 9.77. The van der Waals surface area contributed by atoms with Gasteiger partial charge in [-0.2, -0.15) is 0 Å². The molecule has 1 aliphatic carbocycles. The molecule has 1 atom stereocenters. The number of aromatic nitrogens is 1. The van der Waals surface area contributed by atoms with Crippen molar-refractivity contribution in [2.24, 2.45) is 18.7 Å². The minimum atomic E-state index is 0.579. The fourth-order valence-electron chi connectivity index (χ4n) is 3.37. The third-order valence-electron chi connectivity index (χ3n) is 4.69. The predicted molar refractivity (Wildman–Crippen MR) is 73.3 cm³/mol. The minimum absolute atomic E-state index is 0.579. The average Bonchev–Trinajstić information content (AvgIpc) is 2.60. The number of hydrogen-bond donors (Lipinski definition) is 1. The van der Waals surface area contributed by atoms with E-state index in [-0.39, 0.29) is 0 Å². The molecule has 1 aliphatic rings. The van der Waals surface area contributed by atoms with Gasteiger partial charge in [-0.15, -0.1) is 0 Å². The first-order valence-electron chi connectivity index (χ1n) is 6.98. The molecule has 2 rings (SSSR count). The fraction of sp³-hybridized carbons (Fsp3) is 0.733. The molecule has 2 N–H and O–H groups in total. The molecule has 1 fully saturated rings. The molecule has 0 aromatic carbocycles. The molecule has 0 radical (unpaired) electrons. The second-order valence-electron chi connectivity index (χ2n) is 5.63. The lowest BCUT2D eigenvalue weighted by Gasteiger charge is -2.29. The summed E-state index contributed by atoms with van der Waals surface area (Å²) in [6, 6.07) is 2.35. The third kappa shape index (κ3) is 2.42. The largest absolute Gasteiger partial charge is 0.352 e. The Kier molecular flexibility index (Phi) is 3.93. The summed E-state index contributed by atoms with van der Waals surface area (Å²) in [5, 5.41) is 0. The van der Waals surface area contributed by atoms with Gasteiger partial charge in [0.05, 0.1) is 0 Å². The van der Waals surface area contributed by atoms with Crippen molar-refractivity contribution in [3.05, 3.63) is 23.0 Å². The van der Waals surface area contributed by atoms with E-state index in [1.54, 1.807) is 0 Å².